The van der Waals surface area contributed by atoms with Crippen molar-refractivity contribution in [2.24, 2.45) is 4.99 Å². The molecule has 0 fully saturated rings. The molecule has 1 atom stereocenters. The lowest BCUT2D eigenvalue weighted by atomic mass is 9.95. The highest BCUT2D eigenvalue weighted by atomic mass is 79.9. The quantitative estimate of drug-likeness (QED) is 0.307. The number of thiazole rings is 1. The van der Waals surface area contributed by atoms with Crippen LogP contribution in [-0.4, -0.2) is 44.6 Å². The summed E-state index contributed by atoms with van der Waals surface area (Å²) in [5.74, 6) is 1.72. The Bertz CT molecular complexity index is 1640. The first-order valence-electron chi connectivity index (χ1n) is 12.8. The van der Waals surface area contributed by atoms with Crippen molar-refractivity contribution in [2.45, 2.75) is 33.7 Å². The van der Waals surface area contributed by atoms with Crippen molar-refractivity contribution >= 4 is 39.3 Å². The molecule has 11 heteroatoms. The molecule has 2 heterocycles. The Morgan fingerprint density at radius 3 is 2.40 bits per heavy atom. The number of halogens is 1. The lowest BCUT2D eigenvalue weighted by Gasteiger charge is -2.26. The zero-order valence-electron chi connectivity index (χ0n) is 23.2. The molecule has 0 aliphatic carbocycles. The summed E-state index contributed by atoms with van der Waals surface area (Å²) in [5.41, 5.74) is 1.72. The van der Waals surface area contributed by atoms with Crippen LogP contribution in [0.5, 0.6) is 23.0 Å². The van der Waals surface area contributed by atoms with E-state index >= 15 is 0 Å². The number of hydrogen-bond donors (Lipinski definition) is 0. The van der Waals surface area contributed by atoms with Crippen molar-refractivity contribution in [2.75, 3.05) is 34.0 Å². The number of ether oxygens (including phenoxy) is 5. The summed E-state index contributed by atoms with van der Waals surface area (Å²) >= 11 is 4.78. The predicted octanol–water partition coefficient (Wildman–Crippen LogP) is 4.38. The van der Waals surface area contributed by atoms with Gasteiger partial charge < -0.3 is 23.7 Å². The SMILES string of the molecule is CCOC(=O)C1=C(C)N=c2s/c(=C\c3cc(Br)c(OCC)cc3OCC)c(=O)n2[C@H]1c1ccc(OC)cc1OC. The lowest BCUT2D eigenvalue weighted by Crippen LogP contribution is -2.40. The molecule has 4 rings (SSSR count). The van der Waals surface area contributed by atoms with Crippen molar-refractivity contribution < 1.29 is 28.5 Å². The minimum Gasteiger partial charge on any atom is -0.497 e. The second-order valence-electron chi connectivity index (χ2n) is 8.60. The van der Waals surface area contributed by atoms with E-state index in [1.807, 2.05) is 19.9 Å². The molecule has 1 aliphatic rings. The van der Waals surface area contributed by atoms with Crippen LogP contribution >= 0.6 is 27.3 Å². The number of methoxy groups -OCH3 is 2. The van der Waals surface area contributed by atoms with Gasteiger partial charge in [0.25, 0.3) is 5.56 Å². The van der Waals surface area contributed by atoms with E-state index in [-0.39, 0.29) is 17.7 Å². The minimum absolute atomic E-state index is 0.180. The second kappa shape index (κ2) is 12.7. The largest absolute Gasteiger partial charge is 0.497 e. The summed E-state index contributed by atoms with van der Waals surface area (Å²) in [6, 6.07) is 8.10. The lowest BCUT2D eigenvalue weighted by molar-refractivity contribution is -0.139. The maximum Gasteiger partial charge on any atom is 0.338 e. The molecule has 0 radical (unpaired) electrons. The summed E-state index contributed by atoms with van der Waals surface area (Å²) in [6.07, 6.45) is 1.76. The third-order valence-corrected chi connectivity index (χ3v) is 7.81. The van der Waals surface area contributed by atoms with Gasteiger partial charge in [-0.3, -0.25) is 9.36 Å². The Morgan fingerprint density at radius 2 is 1.75 bits per heavy atom. The number of allylic oxidation sites excluding steroid dienone is 1. The van der Waals surface area contributed by atoms with Gasteiger partial charge in [-0.1, -0.05) is 11.3 Å². The van der Waals surface area contributed by atoms with Crippen LogP contribution in [0.3, 0.4) is 0 Å². The van der Waals surface area contributed by atoms with Gasteiger partial charge in [0, 0.05) is 23.3 Å². The Hall–Kier alpha value is -3.57. The molecule has 0 bridgehead atoms. The predicted molar refractivity (Wildman–Crippen MR) is 156 cm³/mol. The smallest absolute Gasteiger partial charge is 0.338 e. The molecule has 3 aromatic rings. The number of rotatable bonds is 10. The van der Waals surface area contributed by atoms with E-state index in [2.05, 4.69) is 20.9 Å². The molecular formula is C29H31BrN2O7S. The fourth-order valence-corrected chi connectivity index (χ4v) is 5.99. The van der Waals surface area contributed by atoms with Gasteiger partial charge >= 0.3 is 5.97 Å². The maximum atomic E-state index is 14.0. The normalized spacial score (nSPS) is 14.9. The van der Waals surface area contributed by atoms with E-state index in [4.69, 9.17) is 23.7 Å². The van der Waals surface area contributed by atoms with Gasteiger partial charge in [-0.25, -0.2) is 9.79 Å². The van der Waals surface area contributed by atoms with Gasteiger partial charge in [0.2, 0.25) is 0 Å². The molecule has 2 aromatic carbocycles. The summed E-state index contributed by atoms with van der Waals surface area (Å²) in [5, 5.41) is 0. The summed E-state index contributed by atoms with van der Waals surface area (Å²) in [4.78, 5) is 32.4. The van der Waals surface area contributed by atoms with Gasteiger partial charge in [0.05, 0.1) is 54.3 Å². The van der Waals surface area contributed by atoms with Crippen molar-refractivity contribution in [1.82, 2.24) is 4.57 Å². The van der Waals surface area contributed by atoms with E-state index in [0.717, 1.165) is 4.47 Å². The topological polar surface area (TPSA) is 97.6 Å². The summed E-state index contributed by atoms with van der Waals surface area (Å²) in [6.45, 7) is 8.39. The van der Waals surface area contributed by atoms with Gasteiger partial charge in [-0.2, -0.15) is 0 Å². The van der Waals surface area contributed by atoms with Gasteiger partial charge in [0.1, 0.15) is 29.0 Å². The third-order valence-electron chi connectivity index (χ3n) is 6.20. The Balaban J connectivity index is 1.98. The second-order valence-corrected chi connectivity index (χ2v) is 10.5. The highest BCUT2D eigenvalue weighted by Crippen LogP contribution is 2.38. The molecule has 40 heavy (non-hydrogen) atoms. The van der Waals surface area contributed by atoms with Crippen LogP contribution in [0, 0.1) is 0 Å². The molecule has 0 spiro atoms. The van der Waals surface area contributed by atoms with Gasteiger partial charge in [-0.05, 0) is 67.9 Å². The van der Waals surface area contributed by atoms with Crippen molar-refractivity contribution in [3.05, 3.63) is 76.9 Å². The number of benzene rings is 2. The molecule has 9 nitrogen and oxygen atoms in total. The number of esters is 1. The molecule has 1 aliphatic heterocycles. The van der Waals surface area contributed by atoms with Gasteiger partial charge in [0.15, 0.2) is 4.80 Å². The molecular weight excluding hydrogens is 600 g/mol. The van der Waals surface area contributed by atoms with E-state index in [1.54, 1.807) is 51.3 Å². The molecule has 212 valence electrons. The highest BCUT2D eigenvalue weighted by molar-refractivity contribution is 9.10. The number of aromatic nitrogens is 1. The van der Waals surface area contributed by atoms with Crippen molar-refractivity contribution in [1.29, 1.82) is 0 Å². The number of hydrogen-bond acceptors (Lipinski definition) is 9. The van der Waals surface area contributed by atoms with Crippen LogP contribution in [0.15, 0.2) is 55.9 Å². The zero-order valence-corrected chi connectivity index (χ0v) is 25.6. The Morgan fingerprint density at radius 1 is 1.02 bits per heavy atom. The standard InChI is InChI=1S/C29H31BrN2O7S/c1-7-37-21-15-23(38-8-2)20(30)12-17(21)13-24-27(33)32-26(19-11-10-18(35-5)14-22(19)36-6)25(28(34)39-9-3)16(4)31-29(32)40-24/h10-15,26H,7-9H2,1-6H3/b24-13-/t26-/m0/s1. The average molecular weight is 632 g/mol. The van der Waals surface area contributed by atoms with E-state index in [9.17, 15) is 9.59 Å². The number of carbonyl (C=O) groups is 1. The Labute approximate surface area is 244 Å². The van der Waals surface area contributed by atoms with Crippen LogP contribution < -0.4 is 33.8 Å². The fourth-order valence-electron chi connectivity index (χ4n) is 4.48. The zero-order chi connectivity index (χ0) is 29.0. The van der Waals surface area contributed by atoms with Crippen LogP contribution in [0.4, 0.5) is 0 Å². The molecule has 0 unspecified atom stereocenters. The first-order chi connectivity index (χ1) is 19.3. The molecule has 0 saturated carbocycles. The number of fused-ring (bicyclic) bond motifs is 1. The van der Waals surface area contributed by atoms with E-state index < -0.39 is 12.0 Å². The molecule has 0 saturated heterocycles. The third kappa shape index (κ3) is 5.66. The number of nitrogens with zero attached hydrogens (tertiary/aromatic N) is 2. The van der Waals surface area contributed by atoms with Crippen molar-refractivity contribution in [3.63, 3.8) is 0 Å². The molecule has 1 aromatic heterocycles. The van der Waals surface area contributed by atoms with E-state index in [1.165, 1.54) is 23.0 Å². The molecule has 0 amide bonds. The highest BCUT2D eigenvalue weighted by Gasteiger charge is 2.35. The number of carbonyl (C=O) groups excluding carboxylic acids is 1. The van der Waals surface area contributed by atoms with Crippen molar-refractivity contribution in [3.8, 4) is 23.0 Å². The van der Waals surface area contributed by atoms with Crippen LogP contribution in [0.2, 0.25) is 0 Å². The average Bonchev–Trinajstić information content (AvgIpc) is 3.24. The first-order valence-corrected chi connectivity index (χ1v) is 14.4. The Kier molecular flexibility index (Phi) is 9.36. The fraction of sp³-hybridized carbons (Fsp3) is 0.345. The first kappa shape index (κ1) is 29.4. The van der Waals surface area contributed by atoms with Crippen LogP contribution in [0.25, 0.3) is 6.08 Å². The van der Waals surface area contributed by atoms with Crippen LogP contribution in [-0.2, 0) is 9.53 Å². The summed E-state index contributed by atoms with van der Waals surface area (Å²) < 4.78 is 30.7. The molecule has 0 N–H and O–H groups in total. The van der Waals surface area contributed by atoms with Gasteiger partial charge in [-0.15, -0.1) is 0 Å². The maximum absolute atomic E-state index is 14.0. The monoisotopic (exact) mass is 630 g/mol. The minimum atomic E-state index is -0.822. The van der Waals surface area contributed by atoms with Crippen LogP contribution in [0.1, 0.15) is 44.9 Å². The summed E-state index contributed by atoms with van der Waals surface area (Å²) in [7, 11) is 3.09. The van der Waals surface area contributed by atoms with E-state index in [0.29, 0.717) is 62.4 Å².